The van der Waals surface area contributed by atoms with Gasteiger partial charge in [-0.1, -0.05) is 36.5 Å². The van der Waals surface area contributed by atoms with E-state index in [1.807, 2.05) is 6.92 Å². The van der Waals surface area contributed by atoms with Crippen molar-refractivity contribution in [2.24, 2.45) is 0 Å². The molecule has 0 aliphatic carbocycles. The van der Waals surface area contributed by atoms with Gasteiger partial charge in [0, 0.05) is 12.0 Å². The van der Waals surface area contributed by atoms with Crippen LogP contribution < -0.4 is 0 Å². The Balaban J connectivity index is 2.45. The summed E-state index contributed by atoms with van der Waals surface area (Å²) in [5.41, 5.74) is -1.50. The molecule has 1 N–H and O–H groups in total. The first-order chi connectivity index (χ1) is 12.0. The van der Waals surface area contributed by atoms with Crippen LogP contribution in [0.4, 0.5) is 4.79 Å². The first-order valence-electron chi connectivity index (χ1n) is 8.68. The number of amides is 1. The molecule has 1 fully saturated rings. The van der Waals surface area contributed by atoms with E-state index in [0.29, 0.717) is 23.4 Å². The second kappa shape index (κ2) is 7.75. The zero-order valence-corrected chi connectivity index (χ0v) is 17.0. The molecule has 1 heterocycles. The Morgan fingerprint density at radius 1 is 1.31 bits per heavy atom. The fraction of sp³-hybridized carbons (Fsp3) is 0.579. The monoisotopic (exact) mass is 401 g/mol. The summed E-state index contributed by atoms with van der Waals surface area (Å²) in [6.45, 7) is 7.28. The highest BCUT2D eigenvalue weighted by Gasteiger charge is 2.53. The van der Waals surface area contributed by atoms with Crippen molar-refractivity contribution in [2.75, 3.05) is 6.54 Å². The molecule has 7 heteroatoms. The van der Waals surface area contributed by atoms with Crippen LogP contribution in [0.1, 0.15) is 57.3 Å². The first-order valence-corrected chi connectivity index (χ1v) is 9.44. The SMILES string of the molecule is CCCC1(C(=O)c2ccc(Cl)c(Cl)c2)C[C@@H](O)CN1C(=O)OC(C)(C)C. The van der Waals surface area contributed by atoms with Crippen LogP contribution in [0.15, 0.2) is 18.2 Å². The summed E-state index contributed by atoms with van der Waals surface area (Å²) in [6.07, 6.45) is -0.141. The molecule has 1 unspecified atom stereocenters. The third-order valence-corrected chi connectivity index (χ3v) is 5.10. The number of benzene rings is 1. The standard InChI is InChI=1S/C19H25Cl2NO4/c1-5-8-19(16(24)12-6-7-14(20)15(21)9-12)10-13(23)11-22(19)17(25)26-18(2,3)4/h6-7,9,13,23H,5,8,10-11H2,1-4H3/t13-,19?/m1/s1. The summed E-state index contributed by atoms with van der Waals surface area (Å²) in [5, 5.41) is 10.9. The molecule has 0 radical (unpaired) electrons. The highest BCUT2D eigenvalue weighted by molar-refractivity contribution is 6.42. The fourth-order valence-electron chi connectivity index (χ4n) is 3.40. The number of Topliss-reactive ketones (excluding diaryl/α,β-unsaturated/α-hetero) is 1. The second-order valence-electron chi connectivity index (χ2n) is 7.69. The Bertz CT molecular complexity index is 701. The van der Waals surface area contributed by atoms with Gasteiger partial charge in [-0.2, -0.15) is 0 Å². The molecule has 1 aromatic carbocycles. The van der Waals surface area contributed by atoms with Crippen LogP contribution in [-0.4, -0.2) is 45.7 Å². The van der Waals surface area contributed by atoms with Gasteiger partial charge in [0.1, 0.15) is 11.1 Å². The lowest BCUT2D eigenvalue weighted by atomic mass is 9.82. The van der Waals surface area contributed by atoms with Crippen LogP contribution in [0.25, 0.3) is 0 Å². The summed E-state index contributed by atoms with van der Waals surface area (Å²) >= 11 is 12.0. The van der Waals surface area contributed by atoms with Crippen molar-refractivity contribution in [2.45, 2.75) is 64.2 Å². The van der Waals surface area contributed by atoms with Crippen molar-refractivity contribution < 1.29 is 19.4 Å². The maximum absolute atomic E-state index is 13.4. The Kier molecular flexibility index (Phi) is 6.26. The summed E-state index contributed by atoms with van der Waals surface area (Å²) in [6, 6.07) is 4.65. The molecule has 0 saturated carbocycles. The third-order valence-electron chi connectivity index (χ3n) is 4.37. The zero-order valence-electron chi connectivity index (χ0n) is 15.5. The van der Waals surface area contributed by atoms with Crippen LogP contribution in [0.3, 0.4) is 0 Å². The van der Waals surface area contributed by atoms with Crippen LogP contribution in [0.5, 0.6) is 0 Å². The van der Waals surface area contributed by atoms with Crippen molar-refractivity contribution in [3.05, 3.63) is 33.8 Å². The van der Waals surface area contributed by atoms with E-state index in [0.717, 1.165) is 0 Å². The number of ketones is 1. The molecule has 1 saturated heterocycles. The van der Waals surface area contributed by atoms with Gasteiger partial charge in [-0.05, 0) is 45.4 Å². The number of aliphatic hydroxyl groups is 1. The van der Waals surface area contributed by atoms with Crippen LogP contribution in [0, 0.1) is 0 Å². The fourth-order valence-corrected chi connectivity index (χ4v) is 3.70. The number of ether oxygens (including phenoxy) is 1. The summed E-state index contributed by atoms with van der Waals surface area (Å²) in [7, 11) is 0. The van der Waals surface area contributed by atoms with Crippen LogP contribution >= 0.6 is 23.2 Å². The molecule has 26 heavy (non-hydrogen) atoms. The van der Waals surface area contributed by atoms with Gasteiger partial charge >= 0.3 is 6.09 Å². The van der Waals surface area contributed by atoms with Crippen molar-refractivity contribution >= 4 is 35.1 Å². The largest absolute Gasteiger partial charge is 0.444 e. The number of nitrogens with zero attached hydrogens (tertiary/aromatic N) is 1. The second-order valence-corrected chi connectivity index (χ2v) is 8.50. The normalized spacial score (nSPS) is 23.2. The Morgan fingerprint density at radius 2 is 1.96 bits per heavy atom. The number of hydrogen-bond acceptors (Lipinski definition) is 4. The van der Waals surface area contributed by atoms with Crippen LogP contribution in [0.2, 0.25) is 10.0 Å². The zero-order chi connectivity index (χ0) is 19.7. The van der Waals surface area contributed by atoms with Crippen molar-refractivity contribution in [3.63, 3.8) is 0 Å². The van der Waals surface area contributed by atoms with E-state index in [1.54, 1.807) is 32.9 Å². The number of carbonyl (C=O) groups excluding carboxylic acids is 2. The highest BCUT2D eigenvalue weighted by Crippen LogP contribution is 2.39. The summed E-state index contributed by atoms with van der Waals surface area (Å²) in [4.78, 5) is 27.5. The molecule has 1 amide bonds. The average molecular weight is 402 g/mol. The molecule has 5 nitrogen and oxygen atoms in total. The van der Waals surface area contributed by atoms with E-state index in [9.17, 15) is 14.7 Å². The van der Waals surface area contributed by atoms with E-state index in [-0.39, 0.29) is 23.8 Å². The topological polar surface area (TPSA) is 66.8 Å². The molecule has 1 aliphatic rings. The van der Waals surface area contributed by atoms with Crippen molar-refractivity contribution in [1.82, 2.24) is 4.90 Å². The van der Waals surface area contributed by atoms with E-state index in [4.69, 9.17) is 27.9 Å². The van der Waals surface area contributed by atoms with E-state index in [2.05, 4.69) is 0 Å². The lowest BCUT2D eigenvalue weighted by molar-refractivity contribution is 0.00670. The molecule has 0 spiro atoms. The predicted molar refractivity (Wildman–Crippen MR) is 102 cm³/mol. The van der Waals surface area contributed by atoms with Crippen LogP contribution in [-0.2, 0) is 4.74 Å². The number of β-amino-alcohol motifs (C(OH)–C–C–N with tert-alkyl or cyclic N) is 1. The van der Waals surface area contributed by atoms with Gasteiger partial charge in [0.25, 0.3) is 0 Å². The van der Waals surface area contributed by atoms with Gasteiger partial charge < -0.3 is 9.84 Å². The van der Waals surface area contributed by atoms with Crippen molar-refractivity contribution in [1.29, 1.82) is 0 Å². The number of rotatable bonds is 4. The van der Waals surface area contributed by atoms with Gasteiger partial charge in [0.2, 0.25) is 0 Å². The third kappa shape index (κ3) is 4.33. The van der Waals surface area contributed by atoms with E-state index in [1.165, 1.54) is 11.0 Å². The molecule has 2 rings (SSSR count). The minimum Gasteiger partial charge on any atom is -0.444 e. The minimum atomic E-state index is -1.16. The predicted octanol–water partition coefficient (Wildman–Crippen LogP) is 4.72. The Labute approximate surface area is 164 Å². The van der Waals surface area contributed by atoms with E-state index < -0.39 is 23.3 Å². The Morgan fingerprint density at radius 3 is 2.50 bits per heavy atom. The number of likely N-dealkylation sites (tertiary alicyclic amines) is 1. The maximum Gasteiger partial charge on any atom is 0.411 e. The average Bonchev–Trinajstić information content (AvgIpc) is 2.86. The smallest absolute Gasteiger partial charge is 0.411 e. The molecular formula is C19H25Cl2NO4. The summed E-state index contributed by atoms with van der Waals surface area (Å²) < 4.78 is 5.48. The highest BCUT2D eigenvalue weighted by atomic mass is 35.5. The van der Waals surface area contributed by atoms with E-state index >= 15 is 0 Å². The van der Waals surface area contributed by atoms with Gasteiger partial charge in [-0.3, -0.25) is 9.69 Å². The lowest BCUT2D eigenvalue weighted by Gasteiger charge is -2.37. The molecule has 2 atom stereocenters. The number of halogens is 2. The van der Waals surface area contributed by atoms with Gasteiger partial charge in [-0.15, -0.1) is 0 Å². The molecule has 1 aliphatic heterocycles. The lowest BCUT2D eigenvalue weighted by Crippen LogP contribution is -2.54. The van der Waals surface area contributed by atoms with Gasteiger partial charge in [0.15, 0.2) is 5.78 Å². The molecule has 1 aromatic rings. The quantitative estimate of drug-likeness (QED) is 0.741. The molecule has 0 aromatic heterocycles. The Hall–Kier alpha value is -1.30. The molecule has 144 valence electrons. The first kappa shape index (κ1) is 21.0. The molecule has 0 bridgehead atoms. The van der Waals surface area contributed by atoms with Gasteiger partial charge in [0.05, 0.1) is 22.7 Å². The van der Waals surface area contributed by atoms with Gasteiger partial charge in [-0.25, -0.2) is 4.79 Å². The summed E-state index contributed by atoms with van der Waals surface area (Å²) in [5.74, 6) is -0.264. The number of aliphatic hydroxyl groups excluding tert-OH is 1. The molecular weight excluding hydrogens is 377 g/mol. The minimum absolute atomic E-state index is 0.0575. The maximum atomic E-state index is 13.4. The number of carbonyl (C=O) groups is 2. The van der Waals surface area contributed by atoms with Crippen molar-refractivity contribution in [3.8, 4) is 0 Å². The number of hydrogen-bond donors (Lipinski definition) is 1.